The molecule has 3 atom stereocenters. The van der Waals surface area contributed by atoms with Crippen LogP contribution in [0.2, 0.25) is 0 Å². The van der Waals surface area contributed by atoms with Crippen molar-refractivity contribution < 1.29 is 0 Å². The van der Waals surface area contributed by atoms with Crippen LogP contribution in [0, 0.1) is 11.8 Å². The zero-order valence-corrected chi connectivity index (χ0v) is 11.8. The van der Waals surface area contributed by atoms with Gasteiger partial charge in [0.05, 0.1) is 0 Å². The summed E-state index contributed by atoms with van der Waals surface area (Å²) in [6.07, 6.45) is 8.48. The Balaban J connectivity index is 1.57. The first-order valence-electron chi connectivity index (χ1n) is 7.73. The average Bonchev–Trinajstić information content (AvgIpc) is 2.77. The molecule has 1 aliphatic heterocycles. The minimum atomic E-state index is 0.809. The van der Waals surface area contributed by atoms with E-state index in [-0.39, 0.29) is 0 Å². The summed E-state index contributed by atoms with van der Waals surface area (Å²) in [5.41, 5.74) is 0. The summed E-state index contributed by atoms with van der Waals surface area (Å²) in [7, 11) is 0. The molecule has 0 radical (unpaired) electrons. The summed E-state index contributed by atoms with van der Waals surface area (Å²) in [6.45, 7) is 9.88. The number of hydrogen-bond acceptors (Lipinski definition) is 2. The fraction of sp³-hybridized carbons (Fsp3) is 1.00. The monoisotopic (exact) mass is 238 g/mol. The fourth-order valence-corrected chi connectivity index (χ4v) is 3.50. The predicted molar refractivity (Wildman–Crippen MR) is 74.3 cm³/mol. The maximum absolute atomic E-state index is 3.77. The van der Waals surface area contributed by atoms with Crippen molar-refractivity contribution in [1.82, 2.24) is 10.2 Å². The smallest absolute Gasteiger partial charge is 0.0107 e. The van der Waals surface area contributed by atoms with Crippen molar-refractivity contribution in [3.8, 4) is 0 Å². The second-order valence-corrected chi connectivity index (χ2v) is 6.29. The van der Waals surface area contributed by atoms with Crippen LogP contribution in [0.3, 0.4) is 0 Å². The number of nitrogens with zero attached hydrogens (tertiary/aromatic N) is 1. The van der Waals surface area contributed by atoms with E-state index in [1.807, 2.05) is 0 Å². The summed E-state index contributed by atoms with van der Waals surface area (Å²) in [4.78, 5) is 2.65. The molecule has 1 saturated carbocycles. The lowest BCUT2D eigenvalue weighted by Gasteiger charge is -2.28. The van der Waals surface area contributed by atoms with Gasteiger partial charge in [-0.3, -0.25) is 0 Å². The highest BCUT2D eigenvalue weighted by Gasteiger charge is 2.21. The third kappa shape index (κ3) is 4.26. The van der Waals surface area contributed by atoms with Gasteiger partial charge in [-0.2, -0.15) is 0 Å². The zero-order chi connectivity index (χ0) is 12.1. The highest BCUT2D eigenvalue weighted by Crippen LogP contribution is 2.23. The molecule has 17 heavy (non-hydrogen) atoms. The molecular weight excluding hydrogens is 208 g/mol. The van der Waals surface area contributed by atoms with Crippen LogP contribution in [0.5, 0.6) is 0 Å². The molecule has 2 heteroatoms. The largest absolute Gasteiger partial charge is 0.313 e. The van der Waals surface area contributed by atoms with E-state index in [9.17, 15) is 0 Å². The lowest BCUT2D eigenvalue weighted by atomic mass is 9.87. The third-order valence-corrected chi connectivity index (χ3v) is 4.74. The molecule has 0 aromatic heterocycles. The van der Waals surface area contributed by atoms with Gasteiger partial charge in [0.2, 0.25) is 0 Å². The van der Waals surface area contributed by atoms with Crippen molar-refractivity contribution in [2.24, 2.45) is 11.8 Å². The Morgan fingerprint density at radius 1 is 1.24 bits per heavy atom. The molecule has 1 heterocycles. The lowest BCUT2D eigenvalue weighted by molar-refractivity contribution is 0.274. The first-order chi connectivity index (χ1) is 8.28. The minimum absolute atomic E-state index is 0.809. The molecule has 0 aromatic rings. The quantitative estimate of drug-likeness (QED) is 0.792. The Morgan fingerprint density at radius 2 is 2.12 bits per heavy atom. The molecule has 0 spiro atoms. The summed E-state index contributed by atoms with van der Waals surface area (Å²) in [5, 5.41) is 3.77. The van der Waals surface area contributed by atoms with E-state index in [0.29, 0.717) is 0 Å². The Hall–Kier alpha value is -0.0800. The highest BCUT2D eigenvalue weighted by atomic mass is 15.2. The number of rotatable bonds is 5. The predicted octanol–water partition coefficient (Wildman–Crippen LogP) is 2.89. The number of hydrogen-bond donors (Lipinski definition) is 1. The van der Waals surface area contributed by atoms with Gasteiger partial charge in [-0.1, -0.05) is 33.1 Å². The summed E-state index contributed by atoms with van der Waals surface area (Å²) >= 11 is 0. The van der Waals surface area contributed by atoms with Gasteiger partial charge in [0, 0.05) is 25.7 Å². The third-order valence-electron chi connectivity index (χ3n) is 4.74. The second kappa shape index (κ2) is 6.75. The van der Waals surface area contributed by atoms with Crippen LogP contribution >= 0.6 is 0 Å². The van der Waals surface area contributed by atoms with Gasteiger partial charge in [0.25, 0.3) is 0 Å². The molecule has 1 N–H and O–H groups in total. The van der Waals surface area contributed by atoms with Gasteiger partial charge in [-0.05, 0) is 37.6 Å². The topological polar surface area (TPSA) is 15.3 Å². The van der Waals surface area contributed by atoms with E-state index >= 15 is 0 Å². The van der Waals surface area contributed by atoms with Crippen molar-refractivity contribution in [1.29, 1.82) is 0 Å². The van der Waals surface area contributed by atoms with E-state index in [2.05, 4.69) is 24.1 Å². The molecule has 0 amide bonds. The van der Waals surface area contributed by atoms with Crippen LogP contribution in [-0.4, -0.2) is 37.1 Å². The van der Waals surface area contributed by atoms with E-state index in [4.69, 9.17) is 0 Å². The summed E-state index contributed by atoms with van der Waals surface area (Å²) in [5.74, 6) is 1.92. The first-order valence-corrected chi connectivity index (χ1v) is 7.73. The standard InChI is InChI=1S/C15H30N2/c1-3-14-7-9-17(12-14)10-8-16-15-6-4-5-13(2)11-15/h13-16H,3-12H2,1-2H3. The van der Waals surface area contributed by atoms with Gasteiger partial charge < -0.3 is 10.2 Å². The first kappa shape index (κ1) is 13.4. The van der Waals surface area contributed by atoms with Crippen LogP contribution in [-0.2, 0) is 0 Å². The van der Waals surface area contributed by atoms with Gasteiger partial charge in [0.1, 0.15) is 0 Å². The zero-order valence-electron chi connectivity index (χ0n) is 11.8. The summed E-state index contributed by atoms with van der Waals surface area (Å²) < 4.78 is 0. The maximum atomic E-state index is 3.77. The van der Waals surface area contributed by atoms with Crippen LogP contribution in [0.1, 0.15) is 52.4 Å². The molecule has 2 aliphatic rings. The molecule has 3 unspecified atom stereocenters. The Labute approximate surface area is 107 Å². The molecule has 2 rings (SSSR count). The number of likely N-dealkylation sites (tertiary alicyclic amines) is 1. The maximum Gasteiger partial charge on any atom is 0.0107 e. The Morgan fingerprint density at radius 3 is 2.82 bits per heavy atom. The van der Waals surface area contributed by atoms with Crippen molar-refractivity contribution in [2.45, 2.75) is 58.4 Å². The Bertz CT molecular complexity index is 217. The van der Waals surface area contributed by atoms with Crippen LogP contribution in [0.4, 0.5) is 0 Å². The number of nitrogens with one attached hydrogen (secondary N) is 1. The van der Waals surface area contributed by atoms with E-state index in [1.54, 1.807) is 0 Å². The van der Waals surface area contributed by atoms with Crippen molar-refractivity contribution in [2.75, 3.05) is 26.2 Å². The SMILES string of the molecule is CCC1CCN(CCNC2CCCC(C)C2)C1. The van der Waals surface area contributed by atoms with Crippen molar-refractivity contribution in [3.63, 3.8) is 0 Å². The van der Waals surface area contributed by atoms with Gasteiger partial charge in [-0.15, -0.1) is 0 Å². The molecular formula is C15H30N2. The van der Waals surface area contributed by atoms with Crippen LogP contribution in [0.25, 0.3) is 0 Å². The highest BCUT2D eigenvalue weighted by molar-refractivity contribution is 4.78. The molecule has 2 fully saturated rings. The minimum Gasteiger partial charge on any atom is -0.313 e. The van der Waals surface area contributed by atoms with Gasteiger partial charge >= 0.3 is 0 Å². The fourth-order valence-electron chi connectivity index (χ4n) is 3.50. The lowest BCUT2D eigenvalue weighted by Crippen LogP contribution is -2.38. The molecule has 2 nitrogen and oxygen atoms in total. The second-order valence-electron chi connectivity index (χ2n) is 6.29. The van der Waals surface area contributed by atoms with Crippen molar-refractivity contribution >= 4 is 0 Å². The van der Waals surface area contributed by atoms with Crippen molar-refractivity contribution in [3.05, 3.63) is 0 Å². The van der Waals surface area contributed by atoms with E-state index in [0.717, 1.165) is 17.9 Å². The van der Waals surface area contributed by atoms with E-state index < -0.39 is 0 Å². The molecule has 1 aliphatic carbocycles. The van der Waals surface area contributed by atoms with E-state index in [1.165, 1.54) is 64.7 Å². The summed E-state index contributed by atoms with van der Waals surface area (Å²) in [6, 6.07) is 0.809. The van der Waals surface area contributed by atoms with Crippen LogP contribution < -0.4 is 5.32 Å². The molecule has 1 saturated heterocycles. The average molecular weight is 238 g/mol. The van der Waals surface area contributed by atoms with Gasteiger partial charge in [0.15, 0.2) is 0 Å². The molecule has 0 bridgehead atoms. The molecule has 0 aromatic carbocycles. The van der Waals surface area contributed by atoms with Gasteiger partial charge in [-0.25, -0.2) is 0 Å². The Kier molecular flexibility index (Phi) is 5.30. The van der Waals surface area contributed by atoms with Crippen LogP contribution in [0.15, 0.2) is 0 Å². The molecule has 100 valence electrons. The normalized spacial score (nSPS) is 35.3.